The monoisotopic (exact) mass is 469 g/mol. The van der Waals surface area contributed by atoms with Crippen LogP contribution in [0, 0.1) is 0 Å². The molecule has 0 aliphatic carbocycles. The predicted octanol–water partition coefficient (Wildman–Crippen LogP) is 3.87. The van der Waals surface area contributed by atoms with Gasteiger partial charge in [-0.3, -0.25) is 0 Å². The Bertz CT molecular complexity index is 1250. The zero-order valence-corrected chi connectivity index (χ0v) is 20.4. The molecular formula is C25H31N3O4S. The van der Waals surface area contributed by atoms with Gasteiger partial charge in [0.15, 0.2) is 0 Å². The van der Waals surface area contributed by atoms with E-state index in [4.69, 9.17) is 4.74 Å². The van der Waals surface area contributed by atoms with Gasteiger partial charge in [-0.15, -0.1) is 0 Å². The molecule has 8 heteroatoms. The maximum Gasteiger partial charge on any atom is 0.243 e. The molecule has 7 nitrogen and oxygen atoms in total. The van der Waals surface area contributed by atoms with Gasteiger partial charge in [0, 0.05) is 50.4 Å². The quantitative estimate of drug-likeness (QED) is 0.469. The molecule has 1 unspecified atom stereocenters. The zero-order chi connectivity index (χ0) is 23.8. The molecule has 3 aromatic rings. The number of aromatic nitrogens is 1. The summed E-state index contributed by atoms with van der Waals surface area (Å²) in [4.78, 5) is 13.6. The van der Waals surface area contributed by atoms with E-state index in [2.05, 4.69) is 18.2 Å². The molecule has 1 atom stereocenters. The highest BCUT2D eigenvalue weighted by Crippen LogP contribution is 2.37. The fraction of sp³-hybridized carbons (Fsp3) is 0.400. The van der Waals surface area contributed by atoms with Gasteiger partial charge in [0.25, 0.3) is 0 Å². The molecule has 2 heterocycles. The van der Waals surface area contributed by atoms with Gasteiger partial charge in [-0.2, -0.15) is 4.31 Å². The molecule has 0 spiro atoms. The number of aldehydes is 1. The van der Waals surface area contributed by atoms with Crippen LogP contribution in [0.25, 0.3) is 10.9 Å². The van der Waals surface area contributed by atoms with E-state index in [1.165, 1.54) is 0 Å². The summed E-state index contributed by atoms with van der Waals surface area (Å²) in [5, 5.41) is 1.07. The summed E-state index contributed by atoms with van der Waals surface area (Å²) in [5.74, 6) is 0.729. The van der Waals surface area contributed by atoms with Crippen LogP contribution in [0.2, 0.25) is 0 Å². The lowest BCUT2D eigenvalue weighted by molar-refractivity contribution is -0.108. The molecule has 1 aliphatic rings. The summed E-state index contributed by atoms with van der Waals surface area (Å²) in [6.45, 7) is 5.02. The molecule has 33 heavy (non-hydrogen) atoms. The second kappa shape index (κ2) is 9.19. The number of ether oxygens (including phenoxy) is 1. The van der Waals surface area contributed by atoms with Crippen molar-refractivity contribution in [3.8, 4) is 5.75 Å². The molecule has 0 saturated carbocycles. The lowest BCUT2D eigenvalue weighted by Crippen LogP contribution is -2.28. The number of benzene rings is 2. The van der Waals surface area contributed by atoms with E-state index >= 15 is 0 Å². The molecule has 1 aliphatic heterocycles. The third-order valence-electron chi connectivity index (χ3n) is 6.11. The Morgan fingerprint density at radius 2 is 1.88 bits per heavy atom. The Labute approximate surface area is 195 Å². The van der Waals surface area contributed by atoms with Gasteiger partial charge >= 0.3 is 0 Å². The van der Waals surface area contributed by atoms with Crippen molar-refractivity contribution >= 4 is 32.9 Å². The number of hydrogen-bond acceptors (Lipinski definition) is 5. The predicted molar refractivity (Wildman–Crippen MR) is 131 cm³/mol. The van der Waals surface area contributed by atoms with Crippen LogP contribution in [-0.2, 0) is 21.4 Å². The van der Waals surface area contributed by atoms with Crippen molar-refractivity contribution in [2.75, 3.05) is 32.1 Å². The van der Waals surface area contributed by atoms with Gasteiger partial charge in [-0.1, -0.05) is 6.07 Å². The van der Waals surface area contributed by atoms with Crippen LogP contribution in [0.15, 0.2) is 53.6 Å². The van der Waals surface area contributed by atoms with Crippen LogP contribution in [0.1, 0.15) is 31.7 Å². The standard InChI is InChI=1S/C25H31N3O4S/c1-18(2)32-21-6-8-22(9-7-21)33(30,31)28-12-11-19(16-28)24-17-27(13-14-29)25-15-20(26(3)4)5-10-23(24)25/h5-10,14-15,17-19H,11-13,16H2,1-4H3. The fourth-order valence-corrected chi connectivity index (χ4v) is 5.96. The third kappa shape index (κ3) is 4.63. The second-order valence-electron chi connectivity index (χ2n) is 8.99. The van der Waals surface area contributed by atoms with Crippen LogP contribution >= 0.6 is 0 Å². The summed E-state index contributed by atoms with van der Waals surface area (Å²) in [7, 11) is 0.373. The van der Waals surface area contributed by atoms with Crippen LogP contribution < -0.4 is 9.64 Å². The highest BCUT2D eigenvalue weighted by molar-refractivity contribution is 7.89. The van der Waals surface area contributed by atoms with E-state index in [0.717, 1.165) is 34.9 Å². The van der Waals surface area contributed by atoms with Crippen molar-refractivity contribution in [3.05, 3.63) is 54.2 Å². The lowest BCUT2D eigenvalue weighted by Gasteiger charge is -2.17. The van der Waals surface area contributed by atoms with Gasteiger partial charge in [0.05, 0.1) is 23.1 Å². The Morgan fingerprint density at radius 3 is 2.52 bits per heavy atom. The Balaban J connectivity index is 1.60. The number of sulfonamides is 1. The van der Waals surface area contributed by atoms with Gasteiger partial charge in [-0.25, -0.2) is 8.42 Å². The Kier molecular flexibility index (Phi) is 6.50. The van der Waals surface area contributed by atoms with E-state index in [1.807, 2.05) is 43.6 Å². The first-order valence-electron chi connectivity index (χ1n) is 11.2. The lowest BCUT2D eigenvalue weighted by atomic mass is 9.98. The summed E-state index contributed by atoms with van der Waals surface area (Å²) < 4.78 is 35.7. The molecule has 0 N–H and O–H groups in total. The molecule has 0 bridgehead atoms. The maximum atomic E-state index is 13.3. The van der Waals surface area contributed by atoms with Crippen LogP contribution in [-0.4, -0.2) is 56.9 Å². The average Bonchev–Trinajstić information content (AvgIpc) is 3.39. The second-order valence-corrected chi connectivity index (χ2v) is 10.9. The molecule has 2 aromatic carbocycles. The largest absolute Gasteiger partial charge is 0.491 e. The summed E-state index contributed by atoms with van der Waals surface area (Å²) in [6, 6.07) is 12.8. The molecule has 0 amide bonds. The van der Waals surface area contributed by atoms with Crippen molar-refractivity contribution < 1.29 is 17.9 Å². The first-order valence-corrected chi connectivity index (χ1v) is 12.7. The minimum Gasteiger partial charge on any atom is -0.491 e. The molecule has 0 radical (unpaired) electrons. The van der Waals surface area contributed by atoms with Crippen molar-refractivity contribution in [2.24, 2.45) is 0 Å². The molecular weight excluding hydrogens is 438 g/mol. The van der Waals surface area contributed by atoms with E-state index in [0.29, 0.717) is 18.8 Å². The number of anilines is 1. The van der Waals surface area contributed by atoms with E-state index in [9.17, 15) is 13.2 Å². The first-order chi connectivity index (χ1) is 15.7. The van der Waals surface area contributed by atoms with Crippen LogP contribution in [0.4, 0.5) is 5.69 Å². The zero-order valence-electron chi connectivity index (χ0n) is 19.6. The topological polar surface area (TPSA) is 71.9 Å². The van der Waals surface area contributed by atoms with Crippen molar-refractivity contribution in [2.45, 2.75) is 43.7 Å². The molecule has 4 rings (SSSR count). The first kappa shape index (κ1) is 23.3. The number of carbonyl (C=O) groups is 1. The van der Waals surface area contributed by atoms with Crippen molar-refractivity contribution in [1.29, 1.82) is 0 Å². The minimum absolute atomic E-state index is 0.0296. The SMILES string of the molecule is CC(C)Oc1ccc(S(=O)(=O)N2CCC(c3cn(CC=O)c4cc(N(C)C)ccc34)C2)cc1. The number of fused-ring (bicyclic) bond motifs is 1. The van der Waals surface area contributed by atoms with Gasteiger partial charge < -0.3 is 19.0 Å². The molecule has 1 saturated heterocycles. The highest BCUT2D eigenvalue weighted by Gasteiger charge is 2.34. The van der Waals surface area contributed by atoms with Crippen LogP contribution in [0.3, 0.4) is 0 Å². The normalized spacial score (nSPS) is 17.1. The van der Waals surface area contributed by atoms with Gasteiger partial charge in [0.1, 0.15) is 12.0 Å². The fourth-order valence-electron chi connectivity index (χ4n) is 4.46. The molecule has 1 fully saturated rings. The summed E-state index contributed by atoms with van der Waals surface area (Å²) in [5.41, 5.74) is 3.14. The highest BCUT2D eigenvalue weighted by atomic mass is 32.2. The van der Waals surface area contributed by atoms with E-state index in [-0.39, 0.29) is 23.5 Å². The number of carbonyl (C=O) groups excluding carboxylic acids is 1. The smallest absolute Gasteiger partial charge is 0.243 e. The van der Waals surface area contributed by atoms with E-state index in [1.54, 1.807) is 28.6 Å². The van der Waals surface area contributed by atoms with Crippen molar-refractivity contribution in [3.63, 3.8) is 0 Å². The number of nitrogens with zero attached hydrogens (tertiary/aromatic N) is 3. The average molecular weight is 470 g/mol. The van der Waals surface area contributed by atoms with Gasteiger partial charge in [0.2, 0.25) is 10.0 Å². The van der Waals surface area contributed by atoms with Gasteiger partial charge in [-0.05, 0) is 62.2 Å². The summed E-state index contributed by atoms with van der Waals surface area (Å²) >= 11 is 0. The third-order valence-corrected chi connectivity index (χ3v) is 7.99. The number of rotatable bonds is 8. The Morgan fingerprint density at radius 1 is 1.15 bits per heavy atom. The van der Waals surface area contributed by atoms with Crippen LogP contribution in [0.5, 0.6) is 5.75 Å². The molecule has 176 valence electrons. The Hall–Kier alpha value is -2.84. The molecule has 1 aromatic heterocycles. The maximum absolute atomic E-state index is 13.3. The van der Waals surface area contributed by atoms with Crippen molar-refractivity contribution in [1.82, 2.24) is 8.87 Å². The number of hydrogen-bond donors (Lipinski definition) is 0. The summed E-state index contributed by atoms with van der Waals surface area (Å²) in [6.07, 6.45) is 3.67. The minimum atomic E-state index is -3.59. The van der Waals surface area contributed by atoms with E-state index < -0.39 is 10.0 Å².